The summed E-state index contributed by atoms with van der Waals surface area (Å²) in [7, 11) is 3.61. The lowest BCUT2D eigenvalue weighted by Crippen LogP contribution is -2.50. The summed E-state index contributed by atoms with van der Waals surface area (Å²) in [5, 5.41) is 6.88. The standard InChI is InChI=1S/C21H33N7O/c1-5-22-21(23-13-18-14-28-16(2)7-6-8-19(28)24-18)25-17-9-11-27(12-10-17)15-20(29)26(3)4/h6-8,14,17H,5,9-13,15H2,1-4H3,(H2,22,23,25). The van der Waals surface area contributed by atoms with Gasteiger partial charge in [-0.2, -0.15) is 0 Å². The lowest BCUT2D eigenvalue weighted by molar-refractivity contribution is -0.130. The fourth-order valence-electron chi connectivity index (χ4n) is 3.52. The van der Waals surface area contributed by atoms with Gasteiger partial charge in [-0.1, -0.05) is 6.07 Å². The van der Waals surface area contributed by atoms with Gasteiger partial charge >= 0.3 is 0 Å². The number of aromatic nitrogens is 2. The molecule has 0 spiro atoms. The highest BCUT2D eigenvalue weighted by Gasteiger charge is 2.22. The maximum Gasteiger partial charge on any atom is 0.236 e. The van der Waals surface area contributed by atoms with E-state index in [4.69, 9.17) is 4.99 Å². The summed E-state index contributed by atoms with van der Waals surface area (Å²) < 4.78 is 2.09. The molecule has 1 aliphatic heterocycles. The number of pyridine rings is 1. The minimum Gasteiger partial charge on any atom is -0.357 e. The van der Waals surface area contributed by atoms with Crippen molar-refractivity contribution in [3.05, 3.63) is 35.8 Å². The Bertz CT molecular complexity index is 850. The van der Waals surface area contributed by atoms with E-state index >= 15 is 0 Å². The summed E-state index contributed by atoms with van der Waals surface area (Å²) in [4.78, 5) is 25.2. The summed E-state index contributed by atoms with van der Waals surface area (Å²) in [6.45, 7) is 7.83. The molecular weight excluding hydrogens is 366 g/mol. The second-order valence-corrected chi connectivity index (χ2v) is 7.81. The molecule has 29 heavy (non-hydrogen) atoms. The van der Waals surface area contributed by atoms with Crippen molar-refractivity contribution >= 4 is 17.5 Å². The fraction of sp³-hybridized carbons (Fsp3) is 0.571. The van der Waals surface area contributed by atoms with Gasteiger partial charge < -0.3 is 19.9 Å². The molecule has 8 heteroatoms. The van der Waals surface area contributed by atoms with E-state index in [0.717, 1.165) is 55.5 Å². The number of carbonyl (C=O) groups excluding carboxylic acids is 1. The van der Waals surface area contributed by atoms with Crippen LogP contribution in [0, 0.1) is 6.92 Å². The van der Waals surface area contributed by atoms with E-state index < -0.39 is 0 Å². The molecule has 158 valence electrons. The van der Waals surface area contributed by atoms with Crippen molar-refractivity contribution in [3.8, 4) is 0 Å². The van der Waals surface area contributed by atoms with Crippen LogP contribution in [-0.2, 0) is 11.3 Å². The summed E-state index contributed by atoms with van der Waals surface area (Å²) >= 11 is 0. The maximum absolute atomic E-state index is 11.9. The van der Waals surface area contributed by atoms with Gasteiger partial charge in [0.1, 0.15) is 5.65 Å². The van der Waals surface area contributed by atoms with Crippen LogP contribution in [0.3, 0.4) is 0 Å². The van der Waals surface area contributed by atoms with E-state index in [0.29, 0.717) is 19.1 Å². The van der Waals surface area contributed by atoms with Crippen LogP contribution < -0.4 is 10.6 Å². The van der Waals surface area contributed by atoms with Crippen LogP contribution in [0.1, 0.15) is 31.2 Å². The molecule has 0 radical (unpaired) electrons. The Morgan fingerprint density at radius 1 is 1.31 bits per heavy atom. The lowest BCUT2D eigenvalue weighted by Gasteiger charge is -2.33. The Kier molecular flexibility index (Phi) is 7.09. The number of likely N-dealkylation sites (tertiary alicyclic amines) is 1. The number of aliphatic imine (C=N–C) groups is 1. The average Bonchev–Trinajstić information content (AvgIpc) is 3.12. The SMILES string of the molecule is CCNC(=NCc1cn2c(C)cccc2n1)NC1CCN(CC(=O)N(C)C)CC1. The summed E-state index contributed by atoms with van der Waals surface area (Å²) in [5.74, 6) is 0.984. The number of hydrogen-bond acceptors (Lipinski definition) is 4. The number of guanidine groups is 1. The number of aryl methyl sites for hydroxylation is 1. The molecule has 3 heterocycles. The third kappa shape index (κ3) is 5.69. The third-order valence-corrected chi connectivity index (χ3v) is 5.28. The molecule has 1 saturated heterocycles. The summed E-state index contributed by atoms with van der Waals surface area (Å²) in [6, 6.07) is 6.47. The van der Waals surface area contributed by atoms with Gasteiger partial charge in [-0.25, -0.2) is 9.98 Å². The van der Waals surface area contributed by atoms with Crippen LogP contribution in [-0.4, -0.2) is 77.4 Å². The van der Waals surface area contributed by atoms with Gasteiger partial charge in [-0.05, 0) is 38.8 Å². The fourth-order valence-corrected chi connectivity index (χ4v) is 3.52. The number of hydrogen-bond donors (Lipinski definition) is 2. The first-order chi connectivity index (χ1) is 14.0. The van der Waals surface area contributed by atoms with Crippen LogP contribution in [0.15, 0.2) is 29.4 Å². The van der Waals surface area contributed by atoms with Crippen LogP contribution in [0.25, 0.3) is 5.65 Å². The second kappa shape index (κ2) is 9.73. The van der Waals surface area contributed by atoms with E-state index in [1.807, 2.05) is 12.1 Å². The molecule has 0 aliphatic carbocycles. The molecule has 2 N–H and O–H groups in total. The maximum atomic E-state index is 11.9. The van der Waals surface area contributed by atoms with Gasteiger partial charge in [0.25, 0.3) is 0 Å². The minimum absolute atomic E-state index is 0.161. The van der Waals surface area contributed by atoms with Crippen LogP contribution in [0.4, 0.5) is 0 Å². The molecule has 0 saturated carbocycles. The Morgan fingerprint density at radius 3 is 2.72 bits per heavy atom. The molecule has 0 bridgehead atoms. The van der Waals surface area contributed by atoms with Gasteiger partial charge in [0.05, 0.1) is 18.8 Å². The van der Waals surface area contributed by atoms with Crippen LogP contribution in [0.2, 0.25) is 0 Å². The predicted octanol–water partition coefficient (Wildman–Crippen LogP) is 1.25. The average molecular weight is 400 g/mol. The van der Waals surface area contributed by atoms with E-state index in [2.05, 4.69) is 51.0 Å². The normalized spacial score (nSPS) is 16.2. The number of likely N-dealkylation sites (N-methyl/N-ethyl adjacent to an activating group) is 1. The third-order valence-electron chi connectivity index (χ3n) is 5.28. The Morgan fingerprint density at radius 2 is 2.07 bits per heavy atom. The highest BCUT2D eigenvalue weighted by molar-refractivity contribution is 5.80. The Labute approximate surface area is 173 Å². The smallest absolute Gasteiger partial charge is 0.236 e. The van der Waals surface area contributed by atoms with Crippen molar-refractivity contribution in [2.24, 2.45) is 4.99 Å². The molecule has 1 amide bonds. The van der Waals surface area contributed by atoms with E-state index in [1.165, 1.54) is 0 Å². The zero-order valence-electron chi connectivity index (χ0n) is 18.0. The van der Waals surface area contributed by atoms with E-state index in [1.54, 1.807) is 19.0 Å². The zero-order chi connectivity index (χ0) is 20.8. The van der Waals surface area contributed by atoms with Crippen LogP contribution >= 0.6 is 0 Å². The first-order valence-corrected chi connectivity index (χ1v) is 10.4. The quantitative estimate of drug-likeness (QED) is 0.565. The van der Waals surface area contributed by atoms with Gasteiger partial charge in [0, 0.05) is 51.7 Å². The van der Waals surface area contributed by atoms with Crippen molar-refractivity contribution in [2.45, 2.75) is 39.3 Å². The minimum atomic E-state index is 0.161. The number of carbonyl (C=O) groups is 1. The summed E-state index contributed by atoms with van der Waals surface area (Å²) in [6.07, 6.45) is 4.05. The van der Waals surface area contributed by atoms with Gasteiger partial charge in [0.15, 0.2) is 5.96 Å². The molecule has 0 aromatic carbocycles. The number of amides is 1. The first-order valence-electron chi connectivity index (χ1n) is 10.4. The Hall–Kier alpha value is -2.61. The van der Waals surface area contributed by atoms with Crippen molar-refractivity contribution in [3.63, 3.8) is 0 Å². The lowest BCUT2D eigenvalue weighted by atomic mass is 10.1. The van der Waals surface area contributed by atoms with Gasteiger partial charge in [-0.15, -0.1) is 0 Å². The van der Waals surface area contributed by atoms with Crippen molar-refractivity contribution in [2.75, 3.05) is 40.3 Å². The number of fused-ring (bicyclic) bond motifs is 1. The molecule has 1 aliphatic rings. The Balaban J connectivity index is 1.55. The molecule has 1 fully saturated rings. The van der Waals surface area contributed by atoms with E-state index in [9.17, 15) is 4.79 Å². The van der Waals surface area contributed by atoms with E-state index in [-0.39, 0.29) is 5.91 Å². The molecular formula is C21H33N7O. The highest BCUT2D eigenvalue weighted by atomic mass is 16.2. The molecule has 0 unspecified atom stereocenters. The first kappa shape index (κ1) is 21.1. The number of rotatable bonds is 6. The van der Waals surface area contributed by atoms with Crippen molar-refractivity contribution in [1.82, 2.24) is 29.8 Å². The number of nitrogens with zero attached hydrogens (tertiary/aromatic N) is 5. The molecule has 2 aromatic heterocycles. The molecule has 8 nitrogen and oxygen atoms in total. The monoisotopic (exact) mass is 399 g/mol. The number of imidazole rings is 1. The molecule has 0 atom stereocenters. The summed E-state index contributed by atoms with van der Waals surface area (Å²) in [5.41, 5.74) is 3.07. The predicted molar refractivity (Wildman–Crippen MR) is 116 cm³/mol. The van der Waals surface area contributed by atoms with Crippen molar-refractivity contribution < 1.29 is 4.79 Å². The largest absolute Gasteiger partial charge is 0.357 e. The van der Waals surface area contributed by atoms with Gasteiger partial charge in [0.2, 0.25) is 5.91 Å². The topological polar surface area (TPSA) is 77.3 Å². The van der Waals surface area contributed by atoms with Crippen LogP contribution in [0.5, 0.6) is 0 Å². The highest BCUT2D eigenvalue weighted by Crippen LogP contribution is 2.11. The van der Waals surface area contributed by atoms with Crippen molar-refractivity contribution in [1.29, 1.82) is 0 Å². The number of nitrogens with one attached hydrogen (secondary N) is 2. The second-order valence-electron chi connectivity index (χ2n) is 7.81. The number of piperidine rings is 1. The molecule has 3 rings (SSSR count). The van der Waals surface area contributed by atoms with Gasteiger partial charge in [-0.3, -0.25) is 9.69 Å². The zero-order valence-corrected chi connectivity index (χ0v) is 18.0. The molecule has 2 aromatic rings.